The van der Waals surface area contributed by atoms with Crippen molar-refractivity contribution < 1.29 is 14.3 Å². The highest BCUT2D eigenvalue weighted by molar-refractivity contribution is 5.74. The third-order valence-corrected chi connectivity index (χ3v) is 3.42. The van der Waals surface area contributed by atoms with Crippen LogP contribution in [-0.2, 0) is 20.0 Å². The minimum atomic E-state index is -0.919. The number of esters is 1. The quantitative estimate of drug-likeness (QED) is 0.554. The van der Waals surface area contributed by atoms with E-state index >= 15 is 0 Å². The van der Waals surface area contributed by atoms with Gasteiger partial charge in [0.2, 0.25) is 0 Å². The maximum absolute atomic E-state index is 11.7. The number of nitrogens with zero attached hydrogens (tertiary/aromatic N) is 3. The van der Waals surface area contributed by atoms with Gasteiger partial charge in [-0.3, -0.25) is 4.79 Å². The predicted octanol–water partition coefficient (Wildman–Crippen LogP) is 2.65. The average Bonchev–Trinajstić information content (AvgIpc) is 2.96. The van der Waals surface area contributed by atoms with Gasteiger partial charge in [-0.2, -0.15) is 0 Å². The Bertz CT molecular complexity index is 653. The largest absolute Gasteiger partial charge is 0.466 e. The zero-order valence-corrected chi connectivity index (χ0v) is 13.0. The van der Waals surface area contributed by atoms with Crippen LogP contribution >= 0.6 is 0 Å². The Morgan fingerprint density at radius 2 is 2.14 bits per heavy atom. The van der Waals surface area contributed by atoms with Crippen LogP contribution in [0.2, 0.25) is 0 Å². The van der Waals surface area contributed by atoms with E-state index < -0.39 is 5.72 Å². The lowest BCUT2D eigenvalue weighted by atomic mass is 10.1. The summed E-state index contributed by atoms with van der Waals surface area (Å²) in [6.45, 7) is 8.37. The van der Waals surface area contributed by atoms with Crippen molar-refractivity contribution in [1.82, 2.24) is 15.0 Å². The molecule has 1 unspecified atom stereocenters. The summed E-state index contributed by atoms with van der Waals surface area (Å²) in [6.07, 6.45) is 2.27. The Balaban J connectivity index is 2.36. The van der Waals surface area contributed by atoms with E-state index in [1.807, 2.05) is 31.2 Å². The van der Waals surface area contributed by atoms with Gasteiger partial charge in [0.05, 0.1) is 18.5 Å². The van der Waals surface area contributed by atoms with Crippen molar-refractivity contribution in [2.75, 3.05) is 13.2 Å². The number of fused-ring (bicyclic) bond motifs is 1. The molecule has 0 amide bonds. The standard InChI is InChI=1S/C16H21N3O3/c1-4-16(22-6-3,12-11-15(20)21-5-2)19-14-10-8-7-9-13(14)17-18-19/h4,7-10H,1,5-6,11-12H2,2-3H3. The number of aromatic nitrogens is 3. The maximum Gasteiger partial charge on any atom is 0.305 e. The molecule has 0 radical (unpaired) electrons. The third kappa shape index (κ3) is 3.17. The minimum absolute atomic E-state index is 0.216. The van der Waals surface area contributed by atoms with Gasteiger partial charge in [0.1, 0.15) is 5.52 Å². The number of hydrogen-bond acceptors (Lipinski definition) is 5. The Labute approximate surface area is 129 Å². The molecule has 0 bridgehead atoms. The van der Waals surface area contributed by atoms with Crippen molar-refractivity contribution in [1.29, 1.82) is 0 Å². The summed E-state index contributed by atoms with van der Waals surface area (Å²) < 4.78 is 12.6. The number of para-hydroxylation sites is 1. The lowest BCUT2D eigenvalue weighted by molar-refractivity contribution is -0.146. The van der Waals surface area contributed by atoms with E-state index in [1.165, 1.54) is 0 Å². The molecule has 0 saturated heterocycles. The molecule has 118 valence electrons. The van der Waals surface area contributed by atoms with Crippen molar-refractivity contribution in [2.24, 2.45) is 0 Å². The molecule has 0 aliphatic rings. The lowest BCUT2D eigenvalue weighted by Crippen LogP contribution is -2.36. The average molecular weight is 303 g/mol. The second-order valence-electron chi connectivity index (χ2n) is 4.78. The smallest absolute Gasteiger partial charge is 0.305 e. The number of ether oxygens (including phenoxy) is 2. The molecule has 1 atom stereocenters. The van der Waals surface area contributed by atoms with Gasteiger partial charge in [-0.25, -0.2) is 4.68 Å². The molecule has 1 aromatic heterocycles. The van der Waals surface area contributed by atoms with Crippen molar-refractivity contribution in [3.63, 3.8) is 0 Å². The van der Waals surface area contributed by atoms with Crippen LogP contribution < -0.4 is 0 Å². The van der Waals surface area contributed by atoms with Gasteiger partial charge in [0, 0.05) is 13.0 Å². The highest BCUT2D eigenvalue weighted by Gasteiger charge is 2.33. The molecule has 6 nitrogen and oxygen atoms in total. The summed E-state index contributed by atoms with van der Waals surface area (Å²) >= 11 is 0. The van der Waals surface area contributed by atoms with Gasteiger partial charge in [0.25, 0.3) is 0 Å². The Morgan fingerprint density at radius 3 is 2.82 bits per heavy atom. The summed E-state index contributed by atoms with van der Waals surface area (Å²) in [5, 5.41) is 8.35. The molecule has 6 heteroatoms. The van der Waals surface area contributed by atoms with Gasteiger partial charge in [0.15, 0.2) is 5.72 Å². The van der Waals surface area contributed by atoms with Crippen LogP contribution in [0.1, 0.15) is 26.7 Å². The highest BCUT2D eigenvalue weighted by atomic mass is 16.5. The number of hydrogen-bond donors (Lipinski definition) is 0. The van der Waals surface area contributed by atoms with E-state index in [1.54, 1.807) is 17.7 Å². The third-order valence-electron chi connectivity index (χ3n) is 3.42. The van der Waals surface area contributed by atoms with Crippen LogP contribution in [0.15, 0.2) is 36.9 Å². The first kappa shape index (κ1) is 16.2. The van der Waals surface area contributed by atoms with Crippen LogP contribution in [0.3, 0.4) is 0 Å². The van der Waals surface area contributed by atoms with Crippen molar-refractivity contribution in [3.05, 3.63) is 36.9 Å². The molecular formula is C16H21N3O3. The monoisotopic (exact) mass is 303 g/mol. The number of carbonyl (C=O) groups is 1. The minimum Gasteiger partial charge on any atom is -0.466 e. The van der Waals surface area contributed by atoms with Crippen LogP contribution in [0.4, 0.5) is 0 Å². The first-order chi connectivity index (χ1) is 10.7. The Morgan fingerprint density at radius 1 is 1.36 bits per heavy atom. The zero-order valence-electron chi connectivity index (χ0n) is 13.0. The summed E-state index contributed by atoms with van der Waals surface area (Å²) in [5.74, 6) is -0.266. The molecule has 2 aromatic rings. The number of carbonyl (C=O) groups excluding carboxylic acids is 1. The maximum atomic E-state index is 11.7. The fourth-order valence-electron chi connectivity index (χ4n) is 2.40. The number of benzene rings is 1. The van der Waals surface area contributed by atoms with E-state index in [2.05, 4.69) is 16.9 Å². The Kier molecular flexibility index (Phi) is 5.27. The normalized spacial score (nSPS) is 13.7. The van der Waals surface area contributed by atoms with E-state index in [0.717, 1.165) is 11.0 Å². The van der Waals surface area contributed by atoms with Crippen molar-refractivity contribution in [2.45, 2.75) is 32.4 Å². The van der Waals surface area contributed by atoms with Gasteiger partial charge in [-0.1, -0.05) is 23.9 Å². The topological polar surface area (TPSA) is 66.2 Å². The van der Waals surface area contributed by atoms with Crippen LogP contribution in [0.25, 0.3) is 11.0 Å². The number of rotatable bonds is 8. The first-order valence-electron chi connectivity index (χ1n) is 7.41. The van der Waals surface area contributed by atoms with Crippen molar-refractivity contribution >= 4 is 17.0 Å². The summed E-state index contributed by atoms with van der Waals surface area (Å²) in [6, 6.07) is 7.60. The predicted molar refractivity (Wildman–Crippen MR) is 83.2 cm³/mol. The molecular weight excluding hydrogens is 282 g/mol. The van der Waals surface area contributed by atoms with E-state index in [-0.39, 0.29) is 12.4 Å². The van der Waals surface area contributed by atoms with Gasteiger partial charge in [-0.15, -0.1) is 5.10 Å². The summed E-state index contributed by atoms with van der Waals surface area (Å²) in [5.41, 5.74) is 0.682. The molecule has 0 aliphatic heterocycles. The van der Waals surface area contributed by atoms with Gasteiger partial charge >= 0.3 is 5.97 Å². The Hall–Kier alpha value is -2.21. The fourth-order valence-corrected chi connectivity index (χ4v) is 2.40. The second-order valence-corrected chi connectivity index (χ2v) is 4.78. The summed E-state index contributed by atoms with van der Waals surface area (Å²) in [4.78, 5) is 11.7. The molecule has 1 heterocycles. The molecule has 0 N–H and O–H groups in total. The fraction of sp³-hybridized carbons (Fsp3) is 0.438. The SMILES string of the molecule is C=CC(CCC(=O)OCC)(OCC)n1nnc2ccccc21. The summed E-state index contributed by atoms with van der Waals surface area (Å²) in [7, 11) is 0. The van der Waals surface area contributed by atoms with Crippen molar-refractivity contribution in [3.8, 4) is 0 Å². The van der Waals surface area contributed by atoms with E-state index in [4.69, 9.17) is 9.47 Å². The molecule has 0 aliphatic carbocycles. The van der Waals surface area contributed by atoms with Crippen LogP contribution in [0.5, 0.6) is 0 Å². The zero-order chi connectivity index (χ0) is 16.0. The molecule has 0 spiro atoms. The lowest BCUT2D eigenvalue weighted by Gasteiger charge is -2.30. The first-order valence-corrected chi connectivity index (χ1v) is 7.41. The van der Waals surface area contributed by atoms with Crippen LogP contribution in [-0.4, -0.2) is 34.2 Å². The van der Waals surface area contributed by atoms with Gasteiger partial charge < -0.3 is 9.47 Å². The molecule has 22 heavy (non-hydrogen) atoms. The van der Waals surface area contributed by atoms with E-state index in [0.29, 0.717) is 19.6 Å². The molecule has 0 fully saturated rings. The van der Waals surface area contributed by atoms with Crippen LogP contribution in [0, 0.1) is 0 Å². The van der Waals surface area contributed by atoms with E-state index in [9.17, 15) is 4.79 Å². The molecule has 2 rings (SSSR count). The van der Waals surface area contributed by atoms with Gasteiger partial charge in [-0.05, 0) is 32.1 Å². The molecule has 0 saturated carbocycles. The highest BCUT2D eigenvalue weighted by Crippen LogP contribution is 2.29. The second kappa shape index (κ2) is 7.17. The molecule has 1 aromatic carbocycles.